The van der Waals surface area contributed by atoms with Gasteiger partial charge in [-0.25, -0.2) is 0 Å². The molecule has 2 aromatic rings. The van der Waals surface area contributed by atoms with Gasteiger partial charge >= 0.3 is 0 Å². The fourth-order valence-electron chi connectivity index (χ4n) is 1.92. The quantitative estimate of drug-likeness (QED) is 0.863. The average molecular weight is 261 g/mol. The zero-order chi connectivity index (χ0) is 13.7. The summed E-state index contributed by atoms with van der Waals surface area (Å²) in [7, 11) is 3.31. The molecule has 2 rings (SSSR count). The average Bonchev–Trinajstić information content (AvgIpc) is 2.93. The maximum atomic E-state index is 5.50. The standard InChI is InChI=1S/C14H19N3O2/c1-18-12-4-5-14(19-2)13(8-12)11-9-16-17(10-11)7-3-6-15/h4-5,8-10H,3,6-7,15H2,1-2H3. The molecule has 0 saturated carbocycles. The molecule has 19 heavy (non-hydrogen) atoms. The molecule has 0 amide bonds. The van der Waals surface area contributed by atoms with E-state index in [1.807, 2.05) is 35.3 Å². The van der Waals surface area contributed by atoms with Crippen molar-refractivity contribution in [1.29, 1.82) is 0 Å². The number of aromatic nitrogens is 2. The van der Waals surface area contributed by atoms with E-state index in [0.717, 1.165) is 35.6 Å². The van der Waals surface area contributed by atoms with Gasteiger partial charge in [0.1, 0.15) is 11.5 Å². The minimum Gasteiger partial charge on any atom is -0.497 e. The lowest BCUT2D eigenvalue weighted by Crippen LogP contribution is -2.05. The monoisotopic (exact) mass is 261 g/mol. The molecule has 0 unspecified atom stereocenters. The number of rotatable bonds is 6. The Morgan fingerprint density at radius 1 is 1.26 bits per heavy atom. The van der Waals surface area contributed by atoms with Gasteiger partial charge in [0.25, 0.3) is 0 Å². The van der Waals surface area contributed by atoms with Crippen molar-refractivity contribution in [3.05, 3.63) is 30.6 Å². The Hall–Kier alpha value is -2.01. The van der Waals surface area contributed by atoms with E-state index in [1.165, 1.54) is 0 Å². The molecule has 0 saturated heterocycles. The van der Waals surface area contributed by atoms with Crippen LogP contribution in [0.3, 0.4) is 0 Å². The van der Waals surface area contributed by atoms with Gasteiger partial charge in [-0.15, -0.1) is 0 Å². The normalized spacial score (nSPS) is 10.5. The summed E-state index contributed by atoms with van der Waals surface area (Å²) in [6.45, 7) is 1.49. The van der Waals surface area contributed by atoms with Crippen LogP contribution < -0.4 is 15.2 Å². The van der Waals surface area contributed by atoms with Crippen molar-refractivity contribution in [3.63, 3.8) is 0 Å². The molecule has 0 spiro atoms. The summed E-state index contributed by atoms with van der Waals surface area (Å²) in [6.07, 6.45) is 4.73. The van der Waals surface area contributed by atoms with E-state index in [2.05, 4.69) is 5.10 Å². The first-order valence-corrected chi connectivity index (χ1v) is 6.23. The Kier molecular flexibility index (Phi) is 4.41. The first-order chi connectivity index (χ1) is 9.28. The van der Waals surface area contributed by atoms with Gasteiger partial charge in [-0.3, -0.25) is 4.68 Å². The molecule has 5 nitrogen and oxygen atoms in total. The first-order valence-electron chi connectivity index (χ1n) is 6.23. The summed E-state index contributed by atoms with van der Waals surface area (Å²) in [5, 5.41) is 4.33. The fourth-order valence-corrected chi connectivity index (χ4v) is 1.92. The second-order valence-corrected chi connectivity index (χ2v) is 4.20. The number of methoxy groups -OCH3 is 2. The zero-order valence-corrected chi connectivity index (χ0v) is 11.3. The van der Waals surface area contributed by atoms with Gasteiger partial charge in [-0.2, -0.15) is 5.10 Å². The Morgan fingerprint density at radius 3 is 2.79 bits per heavy atom. The highest BCUT2D eigenvalue weighted by Crippen LogP contribution is 2.33. The van der Waals surface area contributed by atoms with Gasteiger partial charge in [-0.1, -0.05) is 0 Å². The molecule has 1 heterocycles. The maximum Gasteiger partial charge on any atom is 0.127 e. The van der Waals surface area contributed by atoms with Crippen LogP contribution in [0.2, 0.25) is 0 Å². The second-order valence-electron chi connectivity index (χ2n) is 4.20. The lowest BCUT2D eigenvalue weighted by molar-refractivity contribution is 0.404. The van der Waals surface area contributed by atoms with E-state index in [4.69, 9.17) is 15.2 Å². The number of aryl methyl sites for hydroxylation is 1. The summed E-state index contributed by atoms with van der Waals surface area (Å²) in [4.78, 5) is 0. The van der Waals surface area contributed by atoms with Crippen molar-refractivity contribution in [3.8, 4) is 22.6 Å². The van der Waals surface area contributed by atoms with Gasteiger partial charge in [0.15, 0.2) is 0 Å². The van der Waals surface area contributed by atoms with Crippen LogP contribution in [0, 0.1) is 0 Å². The van der Waals surface area contributed by atoms with E-state index in [9.17, 15) is 0 Å². The van der Waals surface area contributed by atoms with E-state index in [0.29, 0.717) is 6.54 Å². The smallest absolute Gasteiger partial charge is 0.127 e. The first kappa shape index (κ1) is 13.4. The summed E-state index contributed by atoms with van der Waals surface area (Å²) < 4.78 is 12.5. The fraction of sp³-hybridized carbons (Fsp3) is 0.357. The van der Waals surface area contributed by atoms with Gasteiger partial charge in [0, 0.05) is 23.9 Å². The second kappa shape index (κ2) is 6.24. The van der Waals surface area contributed by atoms with Crippen LogP contribution in [0.15, 0.2) is 30.6 Å². The predicted octanol–water partition coefficient (Wildman–Crippen LogP) is 1.92. The third-order valence-corrected chi connectivity index (χ3v) is 2.94. The lowest BCUT2D eigenvalue weighted by Gasteiger charge is -2.08. The zero-order valence-electron chi connectivity index (χ0n) is 11.3. The maximum absolute atomic E-state index is 5.50. The molecular weight excluding hydrogens is 242 g/mol. The van der Waals surface area contributed by atoms with E-state index >= 15 is 0 Å². The topological polar surface area (TPSA) is 62.3 Å². The van der Waals surface area contributed by atoms with Crippen LogP contribution in [0.25, 0.3) is 11.1 Å². The molecule has 0 bridgehead atoms. The Bertz CT molecular complexity index is 537. The Morgan fingerprint density at radius 2 is 2.11 bits per heavy atom. The molecule has 5 heteroatoms. The molecule has 0 radical (unpaired) electrons. The SMILES string of the molecule is COc1ccc(OC)c(-c2cnn(CCCN)c2)c1. The van der Waals surface area contributed by atoms with E-state index < -0.39 is 0 Å². The van der Waals surface area contributed by atoms with E-state index in [1.54, 1.807) is 14.2 Å². The summed E-state index contributed by atoms with van der Waals surface area (Å²) in [5.74, 6) is 1.60. The van der Waals surface area contributed by atoms with Gasteiger partial charge < -0.3 is 15.2 Å². The molecule has 0 atom stereocenters. The van der Waals surface area contributed by atoms with Crippen molar-refractivity contribution in [1.82, 2.24) is 9.78 Å². The minimum atomic E-state index is 0.664. The van der Waals surface area contributed by atoms with E-state index in [-0.39, 0.29) is 0 Å². The molecule has 1 aromatic heterocycles. The van der Waals surface area contributed by atoms with Gasteiger partial charge in [-0.05, 0) is 31.2 Å². The van der Waals surface area contributed by atoms with Crippen molar-refractivity contribution in [2.45, 2.75) is 13.0 Å². The molecular formula is C14H19N3O2. The van der Waals surface area contributed by atoms with Crippen molar-refractivity contribution in [2.75, 3.05) is 20.8 Å². The number of hydrogen-bond acceptors (Lipinski definition) is 4. The highest BCUT2D eigenvalue weighted by molar-refractivity contribution is 5.71. The highest BCUT2D eigenvalue weighted by Gasteiger charge is 2.09. The van der Waals surface area contributed by atoms with Crippen molar-refractivity contribution in [2.24, 2.45) is 5.73 Å². The summed E-state index contributed by atoms with van der Waals surface area (Å²) in [5.41, 5.74) is 7.48. The van der Waals surface area contributed by atoms with Crippen LogP contribution in [0.1, 0.15) is 6.42 Å². The third kappa shape index (κ3) is 3.06. The summed E-state index contributed by atoms with van der Waals surface area (Å²) >= 11 is 0. The predicted molar refractivity (Wildman–Crippen MR) is 74.4 cm³/mol. The lowest BCUT2D eigenvalue weighted by atomic mass is 10.1. The Labute approximate surface area is 112 Å². The largest absolute Gasteiger partial charge is 0.497 e. The molecule has 1 aromatic carbocycles. The number of benzene rings is 1. The van der Waals surface area contributed by atoms with Crippen molar-refractivity contribution < 1.29 is 9.47 Å². The molecule has 0 aliphatic carbocycles. The van der Waals surface area contributed by atoms with Crippen LogP contribution >= 0.6 is 0 Å². The minimum absolute atomic E-state index is 0.664. The van der Waals surface area contributed by atoms with Gasteiger partial charge in [0.2, 0.25) is 0 Å². The molecule has 0 aliphatic heterocycles. The number of nitrogens with zero attached hydrogens (tertiary/aromatic N) is 2. The van der Waals surface area contributed by atoms with Crippen molar-refractivity contribution >= 4 is 0 Å². The molecule has 0 fully saturated rings. The van der Waals surface area contributed by atoms with Crippen LogP contribution in [-0.2, 0) is 6.54 Å². The van der Waals surface area contributed by atoms with Crippen LogP contribution in [-0.4, -0.2) is 30.5 Å². The highest BCUT2D eigenvalue weighted by atomic mass is 16.5. The number of hydrogen-bond donors (Lipinski definition) is 1. The Balaban J connectivity index is 2.31. The van der Waals surface area contributed by atoms with Crippen LogP contribution in [0.4, 0.5) is 0 Å². The van der Waals surface area contributed by atoms with Crippen LogP contribution in [0.5, 0.6) is 11.5 Å². The molecule has 102 valence electrons. The summed E-state index contributed by atoms with van der Waals surface area (Å²) in [6, 6.07) is 5.72. The molecule has 2 N–H and O–H groups in total. The third-order valence-electron chi connectivity index (χ3n) is 2.94. The number of nitrogens with two attached hydrogens (primary N) is 1. The van der Waals surface area contributed by atoms with Gasteiger partial charge in [0.05, 0.1) is 20.4 Å². The number of ether oxygens (including phenoxy) is 2. The molecule has 0 aliphatic rings.